The first-order valence-electron chi connectivity index (χ1n) is 12.4. The highest BCUT2D eigenvalue weighted by Gasteiger charge is 2.38. The van der Waals surface area contributed by atoms with Crippen LogP contribution in [0.1, 0.15) is 22.8 Å². The summed E-state index contributed by atoms with van der Waals surface area (Å²) in [7, 11) is -2.88. The lowest BCUT2D eigenvalue weighted by Gasteiger charge is -2.17. The predicted octanol–water partition coefficient (Wildman–Crippen LogP) is 7.27. The monoisotopic (exact) mass is 624 g/mol. The molecule has 4 aromatic carbocycles. The van der Waals surface area contributed by atoms with Gasteiger partial charge in [-0.15, -0.1) is 0 Å². The fraction of sp³-hybridized carbons (Fsp3) is 0.100. The molecule has 0 spiro atoms. The van der Waals surface area contributed by atoms with E-state index in [0.717, 1.165) is 5.56 Å². The van der Waals surface area contributed by atoms with Gasteiger partial charge in [-0.1, -0.05) is 40.6 Å². The summed E-state index contributed by atoms with van der Waals surface area (Å²) in [6.45, 7) is -3.84. The second-order valence-electron chi connectivity index (χ2n) is 8.66. The number of ether oxygens (including phenoxy) is 1. The van der Waals surface area contributed by atoms with Gasteiger partial charge in [0.15, 0.2) is 33.4 Å². The summed E-state index contributed by atoms with van der Waals surface area (Å²) in [6.07, 6.45) is 0. The molecule has 0 aromatic heterocycles. The molecule has 0 saturated carbocycles. The molecule has 1 unspecified atom stereocenters. The van der Waals surface area contributed by atoms with E-state index >= 15 is 0 Å². The minimum absolute atomic E-state index is 0.162. The van der Waals surface area contributed by atoms with Gasteiger partial charge in [0.05, 0.1) is 6.61 Å². The molecule has 13 heteroatoms. The van der Waals surface area contributed by atoms with Crippen molar-refractivity contribution in [3.05, 3.63) is 125 Å². The molecular formula is C30H21BF8O3S. The van der Waals surface area contributed by atoms with E-state index in [1.54, 1.807) is 48.5 Å². The van der Waals surface area contributed by atoms with E-state index in [4.69, 9.17) is 4.74 Å². The molecule has 0 amide bonds. The number of Topliss-reactive ketones (excluding diaryl/α,β-unsaturated/α-hetero) is 1. The van der Waals surface area contributed by atoms with Crippen molar-refractivity contribution in [2.45, 2.75) is 11.8 Å². The van der Waals surface area contributed by atoms with E-state index in [0.29, 0.717) is 22.8 Å². The summed E-state index contributed by atoms with van der Waals surface area (Å²) >= 11 is 0. The molecule has 0 fully saturated rings. The van der Waals surface area contributed by atoms with Crippen molar-refractivity contribution in [2.24, 2.45) is 0 Å². The van der Waals surface area contributed by atoms with E-state index in [-0.39, 0.29) is 11.5 Å². The zero-order chi connectivity index (χ0) is 31.8. The maximum Gasteiger partial charge on any atom is 0.515 e. The molecular weight excluding hydrogens is 603 g/mol. The molecule has 0 saturated heterocycles. The van der Waals surface area contributed by atoms with E-state index in [1.165, 1.54) is 0 Å². The van der Waals surface area contributed by atoms with Gasteiger partial charge in [0.1, 0.15) is 17.4 Å². The highest BCUT2D eigenvalue weighted by molar-refractivity contribution is 8.07. The van der Waals surface area contributed by atoms with Crippen LogP contribution in [0.3, 0.4) is 0 Å². The lowest BCUT2D eigenvalue weighted by molar-refractivity contribution is 0.102. The van der Waals surface area contributed by atoms with Gasteiger partial charge in [0, 0.05) is 11.1 Å². The molecule has 224 valence electrons. The van der Waals surface area contributed by atoms with E-state index in [1.807, 2.05) is 43.3 Å². The van der Waals surface area contributed by atoms with E-state index < -0.39 is 51.5 Å². The van der Waals surface area contributed by atoms with Crippen molar-refractivity contribution in [3.8, 4) is 16.9 Å². The summed E-state index contributed by atoms with van der Waals surface area (Å²) < 4.78 is 117. The van der Waals surface area contributed by atoms with Crippen molar-refractivity contribution >= 4 is 28.2 Å². The standard InChI is InChI=1S/C24H21O3S.C6BF8/c1-2-27-22-15-13-21(14-16-22)24(25)19-28(26,23-11-7-4-8-12-23)18-17-20-9-5-3-6-10-20;8-2-1(7(13,14)15)3(9)5(11)6(12)4(2)10/h3-16H,2,19H2,1H3;/q+1;-1. The molecule has 0 aliphatic heterocycles. The Hall–Kier alpha value is -4.44. The predicted molar refractivity (Wildman–Crippen MR) is 148 cm³/mol. The number of carbonyl (C=O) groups excluding carboxylic acids is 1. The first-order valence-corrected chi connectivity index (χ1v) is 14.1. The minimum Gasteiger partial charge on any atom is -0.494 e. The van der Waals surface area contributed by atoms with Gasteiger partial charge in [-0.05, 0) is 66.8 Å². The summed E-state index contributed by atoms with van der Waals surface area (Å²) in [5.41, 5.74) is -1.47. The van der Waals surface area contributed by atoms with Crippen molar-refractivity contribution in [2.75, 3.05) is 12.4 Å². The van der Waals surface area contributed by atoms with Crippen LogP contribution < -0.4 is 10.2 Å². The lowest BCUT2D eigenvalue weighted by atomic mass is 9.79. The Bertz CT molecular complexity index is 1660. The normalized spacial score (nSPS) is 12.2. The van der Waals surface area contributed by atoms with Crippen LogP contribution in [0.15, 0.2) is 89.8 Å². The number of ketones is 1. The number of carbonyl (C=O) groups is 1. The van der Waals surface area contributed by atoms with E-state index in [9.17, 15) is 43.9 Å². The fourth-order valence-electron chi connectivity index (χ4n) is 3.56. The Morgan fingerprint density at radius 3 is 1.72 bits per heavy atom. The topological polar surface area (TPSA) is 43.4 Å². The van der Waals surface area contributed by atoms with Gasteiger partial charge < -0.3 is 17.7 Å². The Morgan fingerprint density at radius 1 is 0.744 bits per heavy atom. The Labute approximate surface area is 243 Å². The zero-order valence-electron chi connectivity index (χ0n) is 22.2. The third-order valence-corrected chi connectivity index (χ3v) is 7.78. The molecule has 0 heterocycles. The van der Waals surface area contributed by atoms with Crippen LogP contribution in [-0.2, 0) is 14.1 Å². The summed E-state index contributed by atoms with van der Waals surface area (Å²) in [4.78, 5) is 13.4. The Balaban J connectivity index is 0.000000285. The lowest BCUT2D eigenvalue weighted by Crippen LogP contribution is -2.41. The molecule has 4 rings (SSSR count). The largest absolute Gasteiger partial charge is 0.515 e. The maximum atomic E-state index is 13.7. The van der Waals surface area contributed by atoms with Crippen LogP contribution in [-0.4, -0.2) is 25.1 Å². The van der Waals surface area contributed by atoms with Crippen molar-refractivity contribution in [1.29, 1.82) is 0 Å². The quantitative estimate of drug-likeness (QED) is 0.0414. The van der Waals surface area contributed by atoms with Crippen LogP contribution in [0.4, 0.5) is 34.9 Å². The van der Waals surface area contributed by atoms with E-state index in [2.05, 4.69) is 11.2 Å². The molecule has 3 nitrogen and oxygen atoms in total. The molecule has 0 aliphatic carbocycles. The second-order valence-corrected chi connectivity index (χ2v) is 11.0. The highest BCUT2D eigenvalue weighted by atomic mass is 32.2. The first-order chi connectivity index (χ1) is 20.3. The van der Waals surface area contributed by atoms with Crippen LogP contribution in [0.5, 0.6) is 5.75 Å². The third-order valence-electron chi connectivity index (χ3n) is 5.65. The van der Waals surface area contributed by atoms with Gasteiger partial charge >= 0.3 is 6.98 Å². The van der Waals surface area contributed by atoms with Gasteiger partial charge in [0.2, 0.25) is 15.7 Å². The van der Waals surface area contributed by atoms with Crippen LogP contribution in [0, 0.1) is 40.3 Å². The molecule has 0 N–H and O–H groups in total. The second kappa shape index (κ2) is 14.2. The van der Waals surface area contributed by atoms with Crippen LogP contribution in [0.25, 0.3) is 0 Å². The maximum absolute atomic E-state index is 13.7. The van der Waals surface area contributed by atoms with Crippen molar-refractivity contribution in [3.63, 3.8) is 0 Å². The smallest absolute Gasteiger partial charge is 0.494 e. The number of hydrogen-bond donors (Lipinski definition) is 0. The summed E-state index contributed by atoms with van der Waals surface area (Å²) in [6, 6.07) is 25.2. The van der Waals surface area contributed by atoms with Gasteiger partial charge in [-0.2, -0.15) is 0 Å². The van der Waals surface area contributed by atoms with Gasteiger partial charge in [0.25, 0.3) is 0 Å². The van der Waals surface area contributed by atoms with Crippen LogP contribution in [0.2, 0.25) is 0 Å². The average molecular weight is 624 g/mol. The SMILES string of the molecule is CCOc1ccc(C(=O)C[S+](=O)(C#Cc2ccccc2)c2ccccc2)cc1.Fc1c(F)c(F)c([B-](F)(F)F)c(F)c1F. The Kier molecular flexibility index (Phi) is 10.9. The number of rotatable bonds is 7. The summed E-state index contributed by atoms with van der Waals surface area (Å²) in [5, 5.41) is 2.89. The molecule has 0 radical (unpaired) electrons. The van der Waals surface area contributed by atoms with Gasteiger partial charge in [-0.25, -0.2) is 22.0 Å². The van der Waals surface area contributed by atoms with Gasteiger partial charge in [-0.3, -0.25) is 4.79 Å². The molecule has 43 heavy (non-hydrogen) atoms. The van der Waals surface area contributed by atoms with Crippen molar-refractivity contribution in [1.82, 2.24) is 0 Å². The molecule has 1 atom stereocenters. The minimum atomic E-state index is -6.30. The first kappa shape index (κ1) is 33.1. The zero-order valence-corrected chi connectivity index (χ0v) is 23.0. The molecule has 0 aliphatic rings. The summed E-state index contributed by atoms with van der Waals surface area (Å²) in [5.74, 6) is -10.3. The Morgan fingerprint density at radius 2 is 1.23 bits per heavy atom. The third kappa shape index (κ3) is 8.32. The fourth-order valence-corrected chi connectivity index (χ4v) is 5.33. The molecule has 0 bridgehead atoms. The average Bonchev–Trinajstić information content (AvgIpc) is 2.99. The number of halogens is 8. The van der Waals surface area contributed by atoms with Crippen molar-refractivity contribution < 1.29 is 48.6 Å². The molecule has 4 aromatic rings. The van der Waals surface area contributed by atoms with Crippen LogP contribution >= 0.6 is 0 Å². The highest BCUT2D eigenvalue weighted by Crippen LogP contribution is 2.23. The number of hydrogen-bond acceptors (Lipinski definition) is 3. The number of benzene rings is 4.